The summed E-state index contributed by atoms with van der Waals surface area (Å²) < 4.78 is 5.84. The lowest BCUT2D eigenvalue weighted by molar-refractivity contribution is 0.306. The molecule has 0 spiro atoms. The van der Waals surface area contributed by atoms with E-state index in [0.717, 1.165) is 28.0 Å². The molecule has 0 radical (unpaired) electrons. The van der Waals surface area contributed by atoms with Crippen molar-refractivity contribution in [2.75, 3.05) is 0 Å². The monoisotopic (exact) mass is 362 g/mol. The number of ether oxygens (including phenoxy) is 1. The third-order valence-electron chi connectivity index (χ3n) is 4.54. The van der Waals surface area contributed by atoms with E-state index >= 15 is 0 Å². The molecule has 1 aromatic heterocycles. The maximum absolute atomic E-state index is 6.43. The maximum Gasteiger partial charge on any atom is 0.138 e. The first-order chi connectivity index (χ1) is 12.6. The summed E-state index contributed by atoms with van der Waals surface area (Å²) in [4.78, 5) is 8.07. The first-order valence-electron chi connectivity index (χ1n) is 8.54. The lowest BCUT2D eigenvalue weighted by Gasteiger charge is -2.09. The Labute approximate surface area is 157 Å². The summed E-state index contributed by atoms with van der Waals surface area (Å²) in [6, 6.07) is 20.0. The highest BCUT2D eigenvalue weighted by atomic mass is 35.5. The summed E-state index contributed by atoms with van der Waals surface area (Å²) in [5.41, 5.74) is 6.52. The van der Waals surface area contributed by atoms with Gasteiger partial charge in [0.2, 0.25) is 0 Å². The zero-order valence-electron chi connectivity index (χ0n) is 14.7. The molecule has 0 unspecified atom stereocenters. The molecule has 0 saturated carbocycles. The first-order valence-corrected chi connectivity index (χ1v) is 8.91. The molecule has 0 atom stereocenters. The Morgan fingerprint density at radius 3 is 2.50 bits per heavy atom. The van der Waals surface area contributed by atoms with Gasteiger partial charge in [-0.1, -0.05) is 41.9 Å². The fourth-order valence-corrected chi connectivity index (χ4v) is 3.14. The van der Waals surface area contributed by atoms with Crippen LogP contribution in [0.25, 0.3) is 22.4 Å². The van der Waals surface area contributed by atoms with Crippen LogP contribution in [0.2, 0.25) is 5.02 Å². The van der Waals surface area contributed by atoms with E-state index in [1.807, 2.05) is 48.5 Å². The molecular formula is C22H19ClN2O. The number of aromatic amines is 1. The van der Waals surface area contributed by atoms with Crippen LogP contribution in [0, 0.1) is 13.8 Å². The quantitative estimate of drug-likeness (QED) is 0.477. The zero-order valence-corrected chi connectivity index (χ0v) is 15.5. The molecule has 130 valence electrons. The van der Waals surface area contributed by atoms with Crippen LogP contribution in [0.3, 0.4) is 0 Å². The third-order valence-corrected chi connectivity index (χ3v) is 4.84. The summed E-state index contributed by atoms with van der Waals surface area (Å²) in [5.74, 6) is 1.48. The summed E-state index contributed by atoms with van der Waals surface area (Å²) >= 11 is 6.43. The van der Waals surface area contributed by atoms with Crippen molar-refractivity contribution in [2.45, 2.75) is 20.5 Å². The maximum atomic E-state index is 6.43. The normalized spacial score (nSPS) is 11.0. The Balaban J connectivity index is 1.59. The number of imidazole rings is 1. The molecule has 3 nitrogen and oxygen atoms in total. The second-order valence-corrected chi connectivity index (χ2v) is 6.87. The van der Waals surface area contributed by atoms with Gasteiger partial charge in [0.15, 0.2) is 0 Å². The van der Waals surface area contributed by atoms with Gasteiger partial charge in [0.1, 0.15) is 18.2 Å². The number of nitrogens with one attached hydrogen (secondary N) is 1. The summed E-state index contributed by atoms with van der Waals surface area (Å²) in [6.45, 7) is 4.69. The Morgan fingerprint density at radius 2 is 1.73 bits per heavy atom. The van der Waals surface area contributed by atoms with Crippen molar-refractivity contribution in [3.63, 3.8) is 0 Å². The fraction of sp³-hybridized carbons (Fsp3) is 0.136. The molecule has 0 saturated heterocycles. The summed E-state index contributed by atoms with van der Waals surface area (Å²) in [5, 5.41) is 0.575. The topological polar surface area (TPSA) is 37.9 Å². The van der Waals surface area contributed by atoms with Gasteiger partial charge >= 0.3 is 0 Å². The second kappa shape index (κ2) is 6.85. The zero-order chi connectivity index (χ0) is 18.1. The average molecular weight is 363 g/mol. The Kier molecular flexibility index (Phi) is 4.39. The van der Waals surface area contributed by atoms with E-state index in [1.54, 1.807) is 0 Å². The molecule has 0 aliphatic rings. The number of fused-ring (bicyclic) bond motifs is 1. The number of hydrogen-bond donors (Lipinski definition) is 1. The van der Waals surface area contributed by atoms with Gasteiger partial charge in [-0.05, 0) is 60.9 Å². The SMILES string of the molecule is Cc1cc2nc(-c3ccc(OCc4ccccc4)c(Cl)c3)[nH]c2cc1C. The van der Waals surface area contributed by atoms with Crippen molar-refractivity contribution < 1.29 is 4.74 Å². The predicted molar refractivity (Wildman–Crippen MR) is 107 cm³/mol. The average Bonchev–Trinajstić information content (AvgIpc) is 3.04. The first kappa shape index (κ1) is 16.7. The lowest BCUT2D eigenvalue weighted by Crippen LogP contribution is -1.95. The number of aromatic nitrogens is 2. The van der Waals surface area contributed by atoms with Crippen LogP contribution in [0.4, 0.5) is 0 Å². The number of rotatable bonds is 4. The van der Waals surface area contributed by atoms with Crippen LogP contribution in [0.15, 0.2) is 60.7 Å². The highest BCUT2D eigenvalue weighted by molar-refractivity contribution is 6.32. The highest BCUT2D eigenvalue weighted by Gasteiger charge is 2.10. The van der Waals surface area contributed by atoms with Crippen molar-refractivity contribution in [2.24, 2.45) is 0 Å². The second-order valence-electron chi connectivity index (χ2n) is 6.46. The van der Waals surface area contributed by atoms with Crippen molar-refractivity contribution in [3.8, 4) is 17.1 Å². The van der Waals surface area contributed by atoms with Crippen molar-refractivity contribution in [1.29, 1.82) is 0 Å². The van der Waals surface area contributed by atoms with E-state index in [2.05, 4.69) is 31.0 Å². The summed E-state index contributed by atoms with van der Waals surface area (Å²) in [7, 11) is 0. The highest BCUT2D eigenvalue weighted by Crippen LogP contribution is 2.31. The van der Waals surface area contributed by atoms with Crippen molar-refractivity contribution >= 4 is 22.6 Å². The molecule has 1 heterocycles. The molecule has 1 N–H and O–H groups in total. The van der Waals surface area contributed by atoms with Crippen LogP contribution in [0.1, 0.15) is 16.7 Å². The van der Waals surface area contributed by atoms with Crippen LogP contribution in [-0.2, 0) is 6.61 Å². The Hall–Kier alpha value is -2.78. The fourth-order valence-electron chi connectivity index (χ4n) is 2.91. The molecule has 4 aromatic rings. The molecular weight excluding hydrogens is 344 g/mol. The van der Waals surface area contributed by atoms with Crippen LogP contribution >= 0.6 is 11.6 Å². The molecule has 4 heteroatoms. The Bertz CT molecular complexity index is 1030. The number of aryl methyl sites for hydroxylation is 2. The van der Waals surface area contributed by atoms with Crippen molar-refractivity contribution in [1.82, 2.24) is 9.97 Å². The van der Waals surface area contributed by atoms with Gasteiger partial charge in [0, 0.05) is 5.56 Å². The van der Waals surface area contributed by atoms with E-state index in [1.165, 1.54) is 11.1 Å². The van der Waals surface area contributed by atoms with Crippen LogP contribution < -0.4 is 4.74 Å². The molecule has 4 rings (SSSR count). The van der Waals surface area contributed by atoms with Gasteiger partial charge in [0.25, 0.3) is 0 Å². The number of halogens is 1. The molecule has 0 fully saturated rings. The van der Waals surface area contributed by atoms with E-state index in [0.29, 0.717) is 17.4 Å². The molecule has 0 aliphatic carbocycles. The largest absolute Gasteiger partial charge is 0.487 e. The number of hydrogen-bond acceptors (Lipinski definition) is 2. The lowest BCUT2D eigenvalue weighted by atomic mass is 10.1. The molecule has 0 bridgehead atoms. The predicted octanol–water partition coefficient (Wildman–Crippen LogP) is 6.08. The minimum absolute atomic E-state index is 0.489. The van der Waals surface area contributed by atoms with E-state index in [4.69, 9.17) is 21.3 Å². The number of H-pyrrole nitrogens is 1. The van der Waals surface area contributed by atoms with E-state index in [-0.39, 0.29) is 0 Å². The Morgan fingerprint density at radius 1 is 0.962 bits per heavy atom. The minimum atomic E-state index is 0.489. The van der Waals surface area contributed by atoms with Gasteiger partial charge in [0.05, 0.1) is 16.1 Å². The van der Waals surface area contributed by atoms with Gasteiger partial charge in [-0.25, -0.2) is 4.98 Å². The van der Waals surface area contributed by atoms with Crippen molar-refractivity contribution in [3.05, 3.63) is 82.4 Å². The van der Waals surface area contributed by atoms with Crippen LogP contribution in [0.5, 0.6) is 5.75 Å². The van der Waals surface area contributed by atoms with Gasteiger partial charge in [-0.15, -0.1) is 0 Å². The van der Waals surface area contributed by atoms with Gasteiger partial charge in [-0.2, -0.15) is 0 Å². The third kappa shape index (κ3) is 3.31. The minimum Gasteiger partial charge on any atom is -0.487 e. The number of nitrogens with zero attached hydrogens (tertiary/aromatic N) is 1. The number of benzene rings is 3. The molecule has 0 aliphatic heterocycles. The van der Waals surface area contributed by atoms with Crippen LogP contribution in [-0.4, -0.2) is 9.97 Å². The smallest absolute Gasteiger partial charge is 0.138 e. The summed E-state index contributed by atoms with van der Waals surface area (Å²) in [6.07, 6.45) is 0. The molecule has 0 amide bonds. The van der Waals surface area contributed by atoms with E-state index < -0.39 is 0 Å². The molecule has 3 aromatic carbocycles. The molecule has 26 heavy (non-hydrogen) atoms. The van der Waals surface area contributed by atoms with Gasteiger partial charge < -0.3 is 9.72 Å². The van der Waals surface area contributed by atoms with E-state index in [9.17, 15) is 0 Å². The van der Waals surface area contributed by atoms with Gasteiger partial charge in [-0.3, -0.25) is 0 Å². The standard InChI is InChI=1S/C22H19ClN2O/c1-14-10-19-20(11-15(14)2)25-22(24-19)17-8-9-21(18(23)12-17)26-13-16-6-4-3-5-7-16/h3-12H,13H2,1-2H3,(H,24,25).